The number of rotatable bonds is 4. The highest BCUT2D eigenvalue weighted by Gasteiger charge is 2.14. The second-order valence-corrected chi connectivity index (χ2v) is 6.58. The molecule has 0 fully saturated rings. The van der Waals surface area contributed by atoms with E-state index in [-0.39, 0.29) is 5.56 Å². The Labute approximate surface area is 154 Å². The van der Waals surface area contributed by atoms with Crippen LogP contribution in [0, 0.1) is 6.92 Å². The molecule has 0 amide bonds. The van der Waals surface area contributed by atoms with Crippen molar-refractivity contribution in [3.63, 3.8) is 0 Å². The molecule has 2 N–H and O–H groups in total. The van der Waals surface area contributed by atoms with Gasteiger partial charge in [0.2, 0.25) is 0 Å². The molecule has 132 valence electrons. The molecule has 3 aromatic rings. The zero-order valence-corrected chi connectivity index (χ0v) is 15.5. The van der Waals surface area contributed by atoms with Crippen LogP contribution in [0.15, 0.2) is 65.6 Å². The van der Waals surface area contributed by atoms with Gasteiger partial charge < -0.3 is 10.3 Å². The molecule has 0 saturated heterocycles. The fraction of sp³-hybridized carbons (Fsp3) is 0.174. The lowest BCUT2D eigenvalue weighted by atomic mass is 9.91. The lowest BCUT2D eigenvalue weighted by molar-refractivity contribution is 0.849. The van der Waals surface area contributed by atoms with Crippen LogP contribution >= 0.6 is 0 Å². The summed E-state index contributed by atoms with van der Waals surface area (Å²) in [5.41, 5.74) is 13.1. The van der Waals surface area contributed by atoms with Gasteiger partial charge in [-0.15, -0.1) is 0 Å². The quantitative estimate of drug-likeness (QED) is 0.705. The van der Waals surface area contributed by atoms with Crippen molar-refractivity contribution < 1.29 is 0 Å². The smallest absolute Gasteiger partial charge is 0.253 e. The molecule has 0 aliphatic rings. The first-order chi connectivity index (χ1) is 12.5. The van der Waals surface area contributed by atoms with E-state index in [0.29, 0.717) is 0 Å². The van der Waals surface area contributed by atoms with Crippen LogP contribution in [0.25, 0.3) is 17.2 Å². The molecule has 2 aromatic carbocycles. The highest BCUT2D eigenvalue weighted by Crippen LogP contribution is 2.32. The Kier molecular flexibility index (Phi) is 5.08. The number of hydrogen-bond acceptors (Lipinski definition) is 2. The third kappa shape index (κ3) is 3.47. The van der Waals surface area contributed by atoms with E-state index in [1.54, 1.807) is 11.6 Å². The molecule has 3 rings (SSSR count). The fourth-order valence-corrected chi connectivity index (χ4v) is 3.31. The highest BCUT2D eigenvalue weighted by atomic mass is 16.1. The molecular weight excluding hydrogens is 320 g/mol. The van der Waals surface area contributed by atoms with Gasteiger partial charge >= 0.3 is 0 Å². The first-order valence-electron chi connectivity index (χ1n) is 8.77. The lowest BCUT2D eigenvalue weighted by Crippen LogP contribution is -2.20. The molecule has 1 heterocycles. The average Bonchev–Trinajstić information content (AvgIpc) is 2.64. The SMILES string of the molecule is C/C=C\c1c(-c2cc(N)ccc2Cc2ccccc2)cn(C)c(=O)c1C. The van der Waals surface area contributed by atoms with E-state index >= 15 is 0 Å². The van der Waals surface area contributed by atoms with Gasteiger partial charge in [0.15, 0.2) is 0 Å². The van der Waals surface area contributed by atoms with Gasteiger partial charge in [-0.1, -0.05) is 48.6 Å². The predicted molar refractivity (Wildman–Crippen MR) is 110 cm³/mol. The van der Waals surface area contributed by atoms with Gasteiger partial charge in [0.1, 0.15) is 0 Å². The highest BCUT2D eigenvalue weighted by molar-refractivity contribution is 5.80. The molecular formula is C23H24N2O. The second-order valence-electron chi connectivity index (χ2n) is 6.58. The molecule has 0 bridgehead atoms. The van der Waals surface area contributed by atoms with Crippen LogP contribution in [0.1, 0.15) is 29.2 Å². The number of aromatic nitrogens is 1. The largest absolute Gasteiger partial charge is 0.399 e. The normalized spacial score (nSPS) is 11.2. The van der Waals surface area contributed by atoms with Crippen molar-refractivity contribution in [2.75, 3.05) is 5.73 Å². The van der Waals surface area contributed by atoms with Crippen LogP contribution < -0.4 is 11.3 Å². The summed E-state index contributed by atoms with van der Waals surface area (Å²) in [4.78, 5) is 12.4. The van der Waals surface area contributed by atoms with Gasteiger partial charge in [-0.3, -0.25) is 4.79 Å². The summed E-state index contributed by atoms with van der Waals surface area (Å²) >= 11 is 0. The summed E-state index contributed by atoms with van der Waals surface area (Å²) in [5.74, 6) is 0. The number of hydrogen-bond donors (Lipinski definition) is 1. The average molecular weight is 344 g/mol. The Hall–Kier alpha value is -3.07. The van der Waals surface area contributed by atoms with Gasteiger partial charge in [0.25, 0.3) is 5.56 Å². The Morgan fingerprint density at radius 2 is 1.81 bits per heavy atom. The van der Waals surface area contributed by atoms with E-state index in [2.05, 4.69) is 18.2 Å². The lowest BCUT2D eigenvalue weighted by Gasteiger charge is -2.16. The van der Waals surface area contributed by atoms with Crippen LogP contribution in [0.5, 0.6) is 0 Å². The minimum absolute atomic E-state index is 0.0235. The maximum Gasteiger partial charge on any atom is 0.253 e. The van der Waals surface area contributed by atoms with E-state index in [1.807, 2.05) is 62.5 Å². The van der Waals surface area contributed by atoms with Crippen LogP contribution in [-0.4, -0.2) is 4.57 Å². The van der Waals surface area contributed by atoms with E-state index in [1.165, 1.54) is 11.1 Å². The van der Waals surface area contributed by atoms with Crippen LogP contribution in [-0.2, 0) is 13.5 Å². The number of pyridine rings is 1. The summed E-state index contributed by atoms with van der Waals surface area (Å²) in [6, 6.07) is 16.4. The van der Waals surface area contributed by atoms with Gasteiger partial charge in [-0.25, -0.2) is 0 Å². The number of nitrogens with zero attached hydrogens (tertiary/aromatic N) is 1. The summed E-state index contributed by atoms with van der Waals surface area (Å²) in [7, 11) is 1.79. The number of anilines is 1. The monoisotopic (exact) mass is 344 g/mol. The molecule has 0 spiro atoms. The van der Waals surface area contributed by atoms with Crippen molar-refractivity contribution in [3.8, 4) is 11.1 Å². The molecule has 1 aromatic heterocycles. The van der Waals surface area contributed by atoms with E-state index in [0.717, 1.165) is 34.4 Å². The number of allylic oxidation sites excluding steroid dienone is 1. The maximum atomic E-state index is 12.4. The Bertz CT molecular complexity index is 1010. The molecule has 0 saturated carbocycles. The van der Waals surface area contributed by atoms with Gasteiger partial charge in [0.05, 0.1) is 0 Å². The Morgan fingerprint density at radius 1 is 1.08 bits per heavy atom. The Morgan fingerprint density at radius 3 is 2.50 bits per heavy atom. The first kappa shape index (κ1) is 17.7. The minimum atomic E-state index is 0.0235. The summed E-state index contributed by atoms with van der Waals surface area (Å²) < 4.78 is 1.65. The molecule has 26 heavy (non-hydrogen) atoms. The van der Waals surface area contributed by atoms with E-state index in [4.69, 9.17) is 5.73 Å². The van der Waals surface area contributed by atoms with Crippen LogP contribution in [0.3, 0.4) is 0 Å². The predicted octanol–water partition coefficient (Wildman–Crippen LogP) is 4.57. The number of benzene rings is 2. The first-order valence-corrected chi connectivity index (χ1v) is 8.77. The van der Waals surface area contributed by atoms with Crippen LogP contribution in [0.2, 0.25) is 0 Å². The zero-order chi connectivity index (χ0) is 18.7. The summed E-state index contributed by atoms with van der Waals surface area (Å²) in [5, 5.41) is 0. The van der Waals surface area contributed by atoms with Crippen molar-refractivity contribution in [1.29, 1.82) is 0 Å². The van der Waals surface area contributed by atoms with Gasteiger partial charge in [-0.05, 0) is 54.7 Å². The maximum absolute atomic E-state index is 12.4. The second kappa shape index (κ2) is 7.44. The molecule has 0 atom stereocenters. The third-order valence-corrected chi connectivity index (χ3v) is 4.65. The van der Waals surface area contributed by atoms with Crippen molar-refractivity contribution in [1.82, 2.24) is 4.57 Å². The summed E-state index contributed by atoms with van der Waals surface area (Å²) in [6.07, 6.45) is 6.69. The molecule has 0 unspecified atom stereocenters. The minimum Gasteiger partial charge on any atom is -0.399 e. The van der Waals surface area contributed by atoms with Gasteiger partial charge in [0, 0.05) is 30.1 Å². The van der Waals surface area contributed by atoms with E-state index in [9.17, 15) is 4.79 Å². The van der Waals surface area contributed by atoms with Crippen molar-refractivity contribution in [2.24, 2.45) is 7.05 Å². The fourth-order valence-electron chi connectivity index (χ4n) is 3.31. The third-order valence-electron chi connectivity index (χ3n) is 4.65. The standard InChI is InChI=1S/C23H24N2O/c1-4-8-20-16(2)23(26)25(3)15-22(20)21-14-19(24)12-11-18(21)13-17-9-6-5-7-10-17/h4-12,14-15H,13,24H2,1-3H3/b8-4-. The van der Waals surface area contributed by atoms with Gasteiger partial charge in [-0.2, -0.15) is 0 Å². The molecule has 3 nitrogen and oxygen atoms in total. The molecule has 3 heteroatoms. The number of nitrogens with two attached hydrogens (primary N) is 1. The molecule has 0 aliphatic carbocycles. The number of nitrogen functional groups attached to an aromatic ring is 1. The number of aryl methyl sites for hydroxylation is 1. The van der Waals surface area contributed by atoms with Crippen LogP contribution in [0.4, 0.5) is 5.69 Å². The summed E-state index contributed by atoms with van der Waals surface area (Å²) in [6.45, 7) is 3.84. The van der Waals surface area contributed by atoms with E-state index < -0.39 is 0 Å². The van der Waals surface area contributed by atoms with Crippen molar-refractivity contribution >= 4 is 11.8 Å². The Balaban J connectivity index is 2.24. The topological polar surface area (TPSA) is 48.0 Å². The molecule has 0 radical (unpaired) electrons. The van der Waals surface area contributed by atoms with Crippen molar-refractivity contribution in [3.05, 3.63) is 93.4 Å². The molecule has 0 aliphatic heterocycles. The zero-order valence-electron chi connectivity index (χ0n) is 15.5. The van der Waals surface area contributed by atoms with Crippen molar-refractivity contribution in [2.45, 2.75) is 20.3 Å².